The number of aliphatic imine (C=N–C) groups is 1. The van der Waals surface area contributed by atoms with Crippen LogP contribution in [0.4, 0.5) is 0 Å². The minimum absolute atomic E-state index is 0. The molecular formula is C18H32IN5O. The fourth-order valence-corrected chi connectivity index (χ4v) is 2.99. The molecule has 0 aliphatic carbocycles. The van der Waals surface area contributed by atoms with Gasteiger partial charge in [0.25, 0.3) is 0 Å². The summed E-state index contributed by atoms with van der Waals surface area (Å²) in [6, 6.07) is 6.54. The molecule has 1 saturated heterocycles. The molecule has 1 aliphatic rings. The third-order valence-corrected chi connectivity index (χ3v) is 4.37. The number of guanidine groups is 1. The second-order valence-electron chi connectivity index (χ2n) is 6.54. The van der Waals surface area contributed by atoms with E-state index >= 15 is 0 Å². The average Bonchev–Trinajstić information content (AvgIpc) is 2.58. The van der Waals surface area contributed by atoms with Crippen molar-refractivity contribution in [1.29, 1.82) is 0 Å². The van der Waals surface area contributed by atoms with E-state index in [0.717, 1.165) is 50.2 Å². The molecule has 7 heteroatoms. The van der Waals surface area contributed by atoms with Crippen LogP contribution in [-0.4, -0.2) is 61.8 Å². The van der Waals surface area contributed by atoms with Crippen LogP contribution in [0.25, 0.3) is 0 Å². The van der Waals surface area contributed by atoms with Crippen molar-refractivity contribution in [2.45, 2.75) is 33.4 Å². The Hall–Kier alpha value is -0.930. The number of halogens is 1. The zero-order valence-corrected chi connectivity index (χ0v) is 18.1. The predicted molar refractivity (Wildman–Crippen MR) is 114 cm³/mol. The Balaban J connectivity index is 0.00000312. The highest BCUT2D eigenvalue weighted by Gasteiger charge is 2.23. The SMILES string of the molecule is CN=C(NCc1cccc(C)n1)NCC(C(C)C)N1CCOCC1.I. The van der Waals surface area contributed by atoms with E-state index in [2.05, 4.69) is 39.4 Å². The molecule has 2 rings (SSSR count). The molecule has 0 saturated carbocycles. The standard InChI is InChI=1S/C18H31N5O.HI/c1-14(2)17(23-8-10-24-11-9-23)13-21-18(19-4)20-12-16-7-5-6-15(3)22-16;/h5-7,14,17H,8-13H2,1-4H3,(H2,19,20,21);1H. The lowest BCUT2D eigenvalue weighted by Crippen LogP contribution is -2.52. The summed E-state index contributed by atoms with van der Waals surface area (Å²) in [5.41, 5.74) is 2.05. The van der Waals surface area contributed by atoms with Crippen LogP contribution in [0.3, 0.4) is 0 Å². The van der Waals surface area contributed by atoms with Gasteiger partial charge in [-0.15, -0.1) is 24.0 Å². The highest BCUT2D eigenvalue weighted by atomic mass is 127. The van der Waals surface area contributed by atoms with Gasteiger partial charge in [0.05, 0.1) is 25.5 Å². The van der Waals surface area contributed by atoms with Crippen molar-refractivity contribution in [3.8, 4) is 0 Å². The van der Waals surface area contributed by atoms with Gasteiger partial charge in [-0.1, -0.05) is 19.9 Å². The molecule has 0 amide bonds. The van der Waals surface area contributed by atoms with Crippen LogP contribution in [0.1, 0.15) is 25.2 Å². The zero-order valence-electron chi connectivity index (χ0n) is 15.8. The molecule has 1 fully saturated rings. The Kier molecular flexibility index (Phi) is 10.3. The van der Waals surface area contributed by atoms with Crippen molar-refractivity contribution in [3.63, 3.8) is 0 Å². The number of morpholine rings is 1. The van der Waals surface area contributed by atoms with Crippen LogP contribution < -0.4 is 10.6 Å². The van der Waals surface area contributed by atoms with Crippen molar-refractivity contribution < 1.29 is 4.74 Å². The second kappa shape index (κ2) is 11.6. The maximum atomic E-state index is 5.47. The minimum Gasteiger partial charge on any atom is -0.379 e. The highest BCUT2D eigenvalue weighted by Crippen LogP contribution is 2.12. The molecule has 2 N–H and O–H groups in total. The van der Waals surface area contributed by atoms with Crippen LogP contribution >= 0.6 is 24.0 Å². The summed E-state index contributed by atoms with van der Waals surface area (Å²) < 4.78 is 5.47. The number of ether oxygens (including phenoxy) is 1. The van der Waals surface area contributed by atoms with Crippen LogP contribution in [-0.2, 0) is 11.3 Å². The fraction of sp³-hybridized carbons (Fsp3) is 0.667. The molecule has 0 radical (unpaired) electrons. The van der Waals surface area contributed by atoms with Crippen LogP contribution in [0.2, 0.25) is 0 Å². The topological polar surface area (TPSA) is 61.8 Å². The van der Waals surface area contributed by atoms with Crippen molar-refractivity contribution in [1.82, 2.24) is 20.5 Å². The molecule has 1 aromatic rings. The van der Waals surface area contributed by atoms with E-state index < -0.39 is 0 Å². The molecule has 0 aromatic carbocycles. The Morgan fingerprint density at radius 2 is 2.00 bits per heavy atom. The van der Waals surface area contributed by atoms with Gasteiger partial charge >= 0.3 is 0 Å². The Morgan fingerprint density at radius 3 is 2.60 bits per heavy atom. The Labute approximate surface area is 168 Å². The number of nitrogens with zero attached hydrogens (tertiary/aromatic N) is 3. The summed E-state index contributed by atoms with van der Waals surface area (Å²) in [5, 5.41) is 6.80. The largest absolute Gasteiger partial charge is 0.379 e. The molecule has 6 nitrogen and oxygen atoms in total. The molecular weight excluding hydrogens is 429 g/mol. The molecule has 142 valence electrons. The first kappa shape index (κ1) is 22.1. The summed E-state index contributed by atoms with van der Waals surface area (Å²) in [6.45, 7) is 11.8. The molecule has 1 unspecified atom stereocenters. The van der Waals surface area contributed by atoms with Gasteiger partial charge in [0, 0.05) is 38.4 Å². The van der Waals surface area contributed by atoms with Gasteiger partial charge < -0.3 is 15.4 Å². The molecule has 25 heavy (non-hydrogen) atoms. The minimum atomic E-state index is 0. The third-order valence-electron chi connectivity index (χ3n) is 4.37. The number of rotatable bonds is 6. The lowest BCUT2D eigenvalue weighted by molar-refractivity contribution is 0.00752. The summed E-state index contributed by atoms with van der Waals surface area (Å²) in [7, 11) is 1.80. The molecule has 1 aromatic heterocycles. The maximum Gasteiger partial charge on any atom is 0.191 e. The van der Waals surface area contributed by atoms with Crippen molar-refractivity contribution in [3.05, 3.63) is 29.6 Å². The third kappa shape index (κ3) is 7.45. The fourth-order valence-electron chi connectivity index (χ4n) is 2.99. The van der Waals surface area contributed by atoms with Gasteiger partial charge in [-0.05, 0) is 25.0 Å². The summed E-state index contributed by atoms with van der Waals surface area (Å²) in [5.74, 6) is 1.39. The first-order valence-corrected chi connectivity index (χ1v) is 8.79. The average molecular weight is 461 g/mol. The molecule has 1 atom stereocenters. The predicted octanol–water partition coefficient (Wildman–Crippen LogP) is 2.03. The van der Waals surface area contributed by atoms with Crippen molar-refractivity contribution >= 4 is 29.9 Å². The normalized spacial score (nSPS) is 17.1. The van der Waals surface area contributed by atoms with E-state index in [-0.39, 0.29) is 24.0 Å². The van der Waals surface area contributed by atoms with E-state index in [1.165, 1.54) is 0 Å². The second-order valence-corrected chi connectivity index (χ2v) is 6.54. The summed E-state index contributed by atoms with van der Waals surface area (Å²) in [6.07, 6.45) is 0. The van der Waals surface area contributed by atoms with Gasteiger partial charge in [-0.3, -0.25) is 14.9 Å². The molecule has 0 spiro atoms. The van der Waals surface area contributed by atoms with E-state index in [0.29, 0.717) is 18.5 Å². The van der Waals surface area contributed by atoms with Crippen LogP contribution in [0.5, 0.6) is 0 Å². The maximum absolute atomic E-state index is 5.47. The number of aryl methyl sites for hydroxylation is 1. The monoisotopic (exact) mass is 461 g/mol. The zero-order chi connectivity index (χ0) is 17.4. The van der Waals surface area contributed by atoms with Gasteiger partial charge in [0.15, 0.2) is 5.96 Å². The smallest absolute Gasteiger partial charge is 0.191 e. The van der Waals surface area contributed by atoms with Crippen molar-refractivity contribution in [2.75, 3.05) is 39.9 Å². The Bertz CT molecular complexity index is 532. The summed E-state index contributed by atoms with van der Waals surface area (Å²) in [4.78, 5) is 11.3. The molecule has 2 heterocycles. The highest BCUT2D eigenvalue weighted by molar-refractivity contribution is 14.0. The quantitative estimate of drug-likeness (QED) is 0.386. The first-order chi connectivity index (χ1) is 11.6. The van der Waals surface area contributed by atoms with Gasteiger partial charge in [0.1, 0.15) is 0 Å². The number of nitrogens with one attached hydrogen (secondary N) is 2. The van der Waals surface area contributed by atoms with Gasteiger partial charge in [0.2, 0.25) is 0 Å². The van der Waals surface area contributed by atoms with E-state index in [4.69, 9.17) is 4.74 Å². The Morgan fingerprint density at radius 1 is 1.28 bits per heavy atom. The number of pyridine rings is 1. The number of hydrogen-bond donors (Lipinski definition) is 2. The van der Waals surface area contributed by atoms with E-state index in [1.807, 2.05) is 25.1 Å². The van der Waals surface area contributed by atoms with Crippen LogP contribution in [0.15, 0.2) is 23.2 Å². The summed E-state index contributed by atoms with van der Waals surface area (Å²) >= 11 is 0. The van der Waals surface area contributed by atoms with Gasteiger partial charge in [-0.2, -0.15) is 0 Å². The van der Waals surface area contributed by atoms with Gasteiger partial charge in [-0.25, -0.2) is 0 Å². The molecule has 1 aliphatic heterocycles. The van der Waals surface area contributed by atoms with Crippen LogP contribution in [0, 0.1) is 12.8 Å². The number of hydrogen-bond acceptors (Lipinski definition) is 4. The van der Waals surface area contributed by atoms with E-state index in [1.54, 1.807) is 7.05 Å². The van der Waals surface area contributed by atoms with Crippen molar-refractivity contribution in [2.24, 2.45) is 10.9 Å². The first-order valence-electron chi connectivity index (χ1n) is 8.79. The number of aromatic nitrogens is 1. The lowest BCUT2D eigenvalue weighted by Gasteiger charge is -2.37. The molecule has 0 bridgehead atoms. The lowest BCUT2D eigenvalue weighted by atomic mass is 10.0. The van der Waals surface area contributed by atoms with E-state index in [9.17, 15) is 0 Å².